The number of para-hydroxylation sites is 2. The van der Waals surface area contributed by atoms with Gasteiger partial charge in [-0.3, -0.25) is 4.79 Å². The summed E-state index contributed by atoms with van der Waals surface area (Å²) in [6.07, 6.45) is 2.17. The predicted octanol–water partition coefficient (Wildman–Crippen LogP) is 3.57. The number of anilines is 1. The van der Waals surface area contributed by atoms with Gasteiger partial charge in [-0.15, -0.1) is 0 Å². The van der Waals surface area contributed by atoms with Gasteiger partial charge in [0.1, 0.15) is 5.75 Å². The number of ether oxygens (including phenoxy) is 3. The van der Waals surface area contributed by atoms with Crippen molar-refractivity contribution in [3.63, 3.8) is 0 Å². The molecule has 0 bridgehead atoms. The molecule has 0 fully saturated rings. The number of phenolic OH excluding ortho intramolecular Hbond substituents is 1. The molecule has 1 heterocycles. The molecule has 3 N–H and O–H groups in total. The van der Waals surface area contributed by atoms with E-state index in [2.05, 4.69) is 5.32 Å². The SMILES string of the molecule is CCOC1OC(C(=O)Nc2ccccc2O)=CC(c2ccc(C(=O)OC)cc2)C1CCCO. The van der Waals surface area contributed by atoms with Crippen LogP contribution in [0.2, 0.25) is 0 Å². The smallest absolute Gasteiger partial charge is 0.337 e. The van der Waals surface area contributed by atoms with Crippen LogP contribution in [0.5, 0.6) is 5.75 Å². The number of phenols is 1. The minimum absolute atomic E-state index is 0.0215. The van der Waals surface area contributed by atoms with Crippen molar-refractivity contribution in [1.29, 1.82) is 0 Å². The first kappa shape index (κ1) is 24.3. The molecule has 3 unspecified atom stereocenters. The molecule has 0 saturated heterocycles. The van der Waals surface area contributed by atoms with Crippen LogP contribution < -0.4 is 5.32 Å². The summed E-state index contributed by atoms with van der Waals surface area (Å²) in [6, 6.07) is 13.4. The number of rotatable bonds is 9. The van der Waals surface area contributed by atoms with Gasteiger partial charge in [-0.2, -0.15) is 0 Å². The molecule has 0 spiro atoms. The van der Waals surface area contributed by atoms with Gasteiger partial charge in [-0.1, -0.05) is 24.3 Å². The Morgan fingerprint density at radius 1 is 1.12 bits per heavy atom. The van der Waals surface area contributed by atoms with Crippen LogP contribution in [0.25, 0.3) is 0 Å². The number of amides is 1. The summed E-state index contributed by atoms with van der Waals surface area (Å²) in [4.78, 5) is 24.8. The largest absolute Gasteiger partial charge is 0.506 e. The third-order valence-corrected chi connectivity index (χ3v) is 5.50. The molecule has 1 amide bonds. The van der Waals surface area contributed by atoms with Crippen LogP contribution in [0.3, 0.4) is 0 Å². The molecule has 0 aliphatic carbocycles. The maximum absolute atomic E-state index is 13.0. The number of carbonyl (C=O) groups is 2. The Morgan fingerprint density at radius 3 is 2.48 bits per heavy atom. The summed E-state index contributed by atoms with van der Waals surface area (Å²) >= 11 is 0. The lowest BCUT2D eigenvalue weighted by molar-refractivity contribution is -0.165. The minimum Gasteiger partial charge on any atom is -0.506 e. The molecule has 0 aromatic heterocycles. The minimum atomic E-state index is -0.707. The van der Waals surface area contributed by atoms with Crippen molar-refractivity contribution in [2.75, 3.05) is 25.6 Å². The number of nitrogens with one attached hydrogen (secondary N) is 1. The van der Waals surface area contributed by atoms with Crippen LogP contribution in [-0.2, 0) is 19.0 Å². The van der Waals surface area contributed by atoms with Crippen LogP contribution in [0, 0.1) is 5.92 Å². The molecular formula is C25H29NO7. The van der Waals surface area contributed by atoms with E-state index in [9.17, 15) is 19.8 Å². The summed E-state index contributed by atoms with van der Waals surface area (Å²) < 4.78 is 16.5. The van der Waals surface area contributed by atoms with Crippen molar-refractivity contribution in [3.8, 4) is 5.75 Å². The van der Waals surface area contributed by atoms with E-state index in [1.165, 1.54) is 13.2 Å². The predicted molar refractivity (Wildman–Crippen MR) is 122 cm³/mol. The highest BCUT2D eigenvalue weighted by Gasteiger charge is 2.38. The molecule has 33 heavy (non-hydrogen) atoms. The lowest BCUT2D eigenvalue weighted by Crippen LogP contribution is -2.37. The number of allylic oxidation sites excluding steroid dienone is 1. The molecule has 8 nitrogen and oxygen atoms in total. The van der Waals surface area contributed by atoms with Crippen LogP contribution in [0.4, 0.5) is 5.69 Å². The second-order valence-corrected chi connectivity index (χ2v) is 7.61. The third kappa shape index (κ3) is 5.91. The first-order valence-corrected chi connectivity index (χ1v) is 10.9. The number of benzene rings is 2. The van der Waals surface area contributed by atoms with E-state index in [0.717, 1.165) is 5.56 Å². The topological polar surface area (TPSA) is 114 Å². The fourth-order valence-electron chi connectivity index (χ4n) is 3.87. The molecule has 3 rings (SSSR count). The highest BCUT2D eigenvalue weighted by atomic mass is 16.7. The number of esters is 1. The highest BCUT2D eigenvalue weighted by Crippen LogP contribution is 2.40. The Labute approximate surface area is 192 Å². The normalized spacial score (nSPS) is 19.8. The van der Waals surface area contributed by atoms with E-state index >= 15 is 0 Å². The number of aliphatic hydroxyl groups is 1. The van der Waals surface area contributed by atoms with Crippen LogP contribution in [-0.4, -0.2) is 48.7 Å². The van der Waals surface area contributed by atoms with Gasteiger partial charge < -0.3 is 29.7 Å². The second-order valence-electron chi connectivity index (χ2n) is 7.61. The van der Waals surface area contributed by atoms with Crippen LogP contribution >= 0.6 is 0 Å². The number of carbonyl (C=O) groups excluding carboxylic acids is 2. The van der Waals surface area contributed by atoms with Crippen LogP contribution in [0.1, 0.15) is 41.6 Å². The van der Waals surface area contributed by atoms with Crippen molar-refractivity contribution in [2.45, 2.75) is 32.0 Å². The zero-order valence-corrected chi connectivity index (χ0v) is 18.7. The molecule has 3 atom stereocenters. The van der Waals surface area contributed by atoms with E-state index in [1.807, 2.05) is 19.1 Å². The van der Waals surface area contributed by atoms with Crippen molar-refractivity contribution < 1.29 is 34.0 Å². The Hall–Kier alpha value is -3.36. The Morgan fingerprint density at radius 2 is 1.85 bits per heavy atom. The van der Waals surface area contributed by atoms with Gasteiger partial charge in [-0.25, -0.2) is 4.79 Å². The van der Waals surface area contributed by atoms with E-state index < -0.39 is 18.2 Å². The van der Waals surface area contributed by atoms with Gasteiger partial charge in [0.05, 0.1) is 18.4 Å². The Bertz CT molecular complexity index is 987. The van der Waals surface area contributed by atoms with E-state index in [1.54, 1.807) is 36.4 Å². The zero-order chi connectivity index (χ0) is 23.8. The molecule has 1 aliphatic heterocycles. The summed E-state index contributed by atoms with van der Waals surface area (Å²) in [5.41, 5.74) is 1.55. The van der Waals surface area contributed by atoms with Crippen molar-refractivity contribution in [2.24, 2.45) is 5.92 Å². The number of aliphatic hydroxyl groups excluding tert-OH is 1. The van der Waals surface area contributed by atoms with E-state index in [0.29, 0.717) is 25.0 Å². The molecule has 2 aromatic rings. The fourth-order valence-corrected chi connectivity index (χ4v) is 3.87. The van der Waals surface area contributed by atoms with E-state index in [-0.39, 0.29) is 35.6 Å². The van der Waals surface area contributed by atoms with Crippen LogP contribution in [0.15, 0.2) is 60.4 Å². The Balaban J connectivity index is 1.95. The van der Waals surface area contributed by atoms with Gasteiger partial charge in [0.15, 0.2) is 5.76 Å². The first-order valence-electron chi connectivity index (χ1n) is 10.9. The maximum Gasteiger partial charge on any atom is 0.337 e. The second kappa shape index (κ2) is 11.5. The lowest BCUT2D eigenvalue weighted by atomic mass is 9.80. The molecule has 0 saturated carbocycles. The highest BCUT2D eigenvalue weighted by molar-refractivity contribution is 6.03. The van der Waals surface area contributed by atoms with Gasteiger partial charge in [0.2, 0.25) is 6.29 Å². The maximum atomic E-state index is 13.0. The number of hydrogen-bond acceptors (Lipinski definition) is 7. The molecule has 176 valence electrons. The molecule has 0 radical (unpaired) electrons. The molecular weight excluding hydrogens is 426 g/mol. The van der Waals surface area contributed by atoms with Crippen molar-refractivity contribution >= 4 is 17.6 Å². The Kier molecular flexibility index (Phi) is 8.46. The molecule has 8 heteroatoms. The first-order chi connectivity index (χ1) is 16.0. The van der Waals surface area contributed by atoms with Crippen molar-refractivity contribution in [3.05, 3.63) is 71.5 Å². The number of methoxy groups -OCH3 is 1. The third-order valence-electron chi connectivity index (χ3n) is 5.50. The van der Waals surface area contributed by atoms with Gasteiger partial charge in [-0.05, 0) is 55.7 Å². The fraction of sp³-hybridized carbons (Fsp3) is 0.360. The average Bonchev–Trinajstić information content (AvgIpc) is 2.84. The number of hydrogen-bond donors (Lipinski definition) is 3. The summed E-state index contributed by atoms with van der Waals surface area (Å²) in [5.74, 6) is -1.37. The van der Waals surface area contributed by atoms with Gasteiger partial charge in [0, 0.05) is 25.0 Å². The summed E-state index contributed by atoms with van der Waals surface area (Å²) in [7, 11) is 1.32. The van der Waals surface area contributed by atoms with Crippen molar-refractivity contribution in [1.82, 2.24) is 0 Å². The summed E-state index contributed by atoms with van der Waals surface area (Å²) in [6.45, 7) is 2.24. The molecule has 2 aromatic carbocycles. The summed E-state index contributed by atoms with van der Waals surface area (Å²) in [5, 5.41) is 22.0. The van der Waals surface area contributed by atoms with Gasteiger partial charge >= 0.3 is 5.97 Å². The quantitative estimate of drug-likeness (QED) is 0.391. The standard InChI is InChI=1S/C25H29NO7/c1-3-32-25-18(7-6-14-27)19(16-10-12-17(13-11-16)24(30)31-2)15-22(33-25)23(29)26-20-8-4-5-9-21(20)28/h4-5,8-13,15,18-19,25,27-28H,3,6-7,14H2,1-2H3,(H,26,29). The molecule has 1 aliphatic rings. The average molecular weight is 456 g/mol. The monoisotopic (exact) mass is 455 g/mol. The lowest BCUT2D eigenvalue weighted by Gasteiger charge is -2.37. The van der Waals surface area contributed by atoms with E-state index in [4.69, 9.17) is 14.2 Å². The zero-order valence-electron chi connectivity index (χ0n) is 18.7. The number of aromatic hydroxyl groups is 1. The van der Waals surface area contributed by atoms with Gasteiger partial charge in [0.25, 0.3) is 5.91 Å².